The summed E-state index contributed by atoms with van der Waals surface area (Å²) in [5.41, 5.74) is 0.896. The third-order valence-corrected chi connectivity index (χ3v) is 5.33. The number of benzene rings is 1. The van der Waals surface area contributed by atoms with E-state index in [4.69, 9.17) is 16.1 Å². The molecule has 5 nitrogen and oxygen atoms in total. The molecule has 6 heteroatoms. The minimum atomic E-state index is 0.615. The Bertz CT molecular complexity index is 683. The van der Waals surface area contributed by atoms with Gasteiger partial charge in [0.05, 0.1) is 0 Å². The molecule has 2 fully saturated rings. The van der Waals surface area contributed by atoms with Crippen molar-refractivity contribution in [2.75, 3.05) is 32.7 Å². The standard InChI is InChI=1S/C18H23ClN4O/c19-15-5-3-4-14(12-15)18-20-17(24-21-18)7-11-22-10-6-16(13-22)23-8-1-2-9-23/h3-5,12,16H,1-2,6-11,13H2. The van der Waals surface area contributed by atoms with E-state index in [1.165, 1.54) is 45.4 Å². The molecule has 0 N–H and O–H groups in total. The van der Waals surface area contributed by atoms with Crippen molar-refractivity contribution < 1.29 is 4.52 Å². The van der Waals surface area contributed by atoms with Gasteiger partial charge in [-0.05, 0) is 51.0 Å². The molecule has 1 aromatic carbocycles. The number of rotatable bonds is 5. The van der Waals surface area contributed by atoms with Gasteiger partial charge >= 0.3 is 0 Å². The molecule has 0 bridgehead atoms. The highest BCUT2D eigenvalue weighted by Gasteiger charge is 2.29. The zero-order chi connectivity index (χ0) is 16.4. The minimum absolute atomic E-state index is 0.615. The van der Waals surface area contributed by atoms with Gasteiger partial charge in [-0.2, -0.15) is 4.98 Å². The monoisotopic (exact) mass is 346 g/mol. The van der Waals surface area contributed by atoms with Crippen LogP contribution in [0.4, 0.5) is 0 Å². The lowest BCUT2D eigenvalue weighted by molar-refractivity contribution is 0.230. The zero-order valence-electron chi connectivity index (χ0n) is 13.8. The van der Waals surface area contributed by atoms with Crippen LogP contribution in [0.2, 0.25) is 5.02 Å². The first-order valence-corrected chi connectivity index (χ1v) is 9.21. The summed E-state index contributed by atoms with van der Waals surface area (Å²) in [5.74, 6) is 1.32. The molecule has 0 saturated carbocycles. The van der Waals surface area contributed by atoms with Crippen molar-refractivity contribution in [3.05, 3.63) is 35.2 Å². The third-order valence-electron chi connectivity index (χ3n) is 5.10. The third kappa shape index (κ3) is 3.63. The molecule has 0 aliphatic carbocycles. The van der Waals surface area contributed by atoms with Crippen LogP contribution in [0.25, 0.3) is 11.4 Å². The maximum atomic E-state index is 6.02. The molecule has 0 spiro atoms. The normalized spacial score (nSPS) is 22.5. The van der Waals surface area contributed by atoms with Crippen LogP contribution in [-0.2, 0) is 6.42 Å². The fourth-order valence-electron chi connectivity index (χ4n) is 3.78. The van der Waals surface area contributed by atoms with Gasteiger partial charge < -0.3 is 9.42 Å². The van der Waals surface area contributed by atoms with E-state index in [9.17, 15) is 0 Å². The van der Waals surface area contributed by atoms with Crippen molar-refractivity contribution in [2.24, 2.45) is 0 Å². The number of likely N-dealkylation sites (tertiary alicyclic amines) is 2. The van der Waals surface area contributed by atoms with E-state index in [-0.39, 0.29) is 0 Å². The summed E-state index contributed by atoms with van der Waals surface area (Å²) in [4.78, 5) is 9.68. The van der Waals surface area contributed by atoms with Crippen molar-refractivity contribution in [1.29, 1.82) is 0 Å². The lowest BCUT2D eigenvalue weighted by Crippen LogP contribution is -2.35. The van der Waals surface area contributed by atoms with Crippen molar-refractivity contribution in [3.63, 3.8) is 0 Å². The van der Waals surface area contributed by atoms with Gasteiger partial charge in [-0.3, -0.25) is 4.90 Å². The van der Waals surface area contributed by atoms with Gasteiger partial charge in [-0.1, -0.05) is 28.9 Å². The smallest absolute Gasteiger partial charge is 0.228 e. The van der Waals surface area contributed by atoms with Gasteiger partial charge in [-0.25, -0.2) is 0 Å². The van der Waals surface area contributed by atoms with E-state index in [1.807, 2.05) is 24.3 Å². The molecule has 4 rings (SSSR count). The van der Waals surface area contributed by atoms with Crippen molar-refractivity contribution in [1.82, 2.24) is 19.9 Å². The predicted molar refractivity (Wildman–Crippen MR) is 94.1 cm³/mol. The average molecular weight is 347 g/mol. The first-order valence-electron chi connectivity index (χ1n) is 8.83. The second-order valence-corrected chi connectivity index (χ2v) is 7.19. The van der Waals surface area contributed by atoms with Crippen LogP contribution in [0.3, 0.4) is 0 Å². The Morgan fingerprint density at radius 1 is 1.21 bits per heavy atom. The Balaban J connectivity index is 1.31. The summed E-state index contributed by atoms with van der Waals surface area (Å²) in [5, 5.41) is 4.76. The van der Waals surface area contributed by atoms with Crippen LogP contribution in [0.1, 0.15) is 25.2 Å². The van der Waals surface area contributed by atoms with Gasteiger partial charge in [-0.15, -0.1) is 0 Å². The highest BCUT2D eigenvalue weighted by molar-refractivity contribution is 6.30. The Morgan fingerprint density at radius 2 is 2.08 bits per heavy atom. The molecular formula is C18H23ClN4O. The maximum Gasteiger partial charge on any atom is 0.228 e. The molecule has 1 atom stereocenters. The minimum Gasteiger partial charge on any atom is -0.339 e. The SMILES string of the molecule is Clc1cccc(-c2noc(CCN3CCC(N4CCCC4)C3)n2)c1. The first kappa shape index (κ1) is 16.1. The van der Waals surface area contributed by atoms with E-state index in [0.717, 1.165) is 24.6 Å². The molecule has 0 radical (unpaired) electrons. The van der Waals surface area contributed by atoms with Crippen LogP contribution in [0, 0.1) is 0 Å². The Hall–Kier alpha value is -1.43. The Kier molecular flexibility index (Phi) is 4.83. The largest absolute Gasteiger partial charge is 0.339 e. The highest BCUT2D eigenvalue weighted by Crippen LogP contribution is 2.22. The van der Waals surface area contributed by atoms with Crippen molar-refractivity contribution in [2.45, 2.75) is 31.7 Å². The summed E-state index contributed by atoms with van der Waals surface area (Å²) in [6.07, 6.45) is 4.83. The molecule has 1 unspecified atom stereocenters. The van der Waals surface area contributed by atoms with Crippen molar-refractivity contribution in [3.8, 4) is 11.4 Å². The van der Waals surface area contributed by atoms with E-state index < -0.39 is 0 Å². The number of aromatic nitrogens is 2. The molecule has 2 aliphatic rings. The molecule has 0 amide bonds. The highest BCUT2D eigenvalue weighted by atomic mass is 35.5. The van der Waals surface area contributed by atoms with Gasteiger partial charge in [0.1, 0.15) is 0 Å². The maximum absolute atomic E-state index is 6.02. The molecule has 1 aromatic heterocycles. The van der Waals surface area contributed by atoms with E-state index >= 15 is 0 Å². The molecule has 3 heterocycles. The molecule has 24 heavy (non-hydrogen) atoms. The summed E-state index contributed by atoms with van der Waals surface area (Å²) < 4.78 is 5.40. The van der Waals surface area contributed by atoms with Crippen molar-refractivity contribution >= 4 is 11.6 Å². The summed E-state index contributed by atoms with van der Waals surface area (Å²) >= 11 is 6.02. The van der Waals surface area contributed by atoms with Gasteiger partial charge in [0.2, 0.25) is 11.7 Å². The lowest BCUT2D eigenvalue weighted by Gasteiger charge is -2.23. The molecular weight excluding hydrogens is 324 g/mol. The first-order chi connectivity index (χ1) is 11.8. The summed E-state index contributed by atoms with van der Waals surface area (Å²) in [7, 11) is 0. The zero-order valence-corrected chi connectivity index (χ0v) is 14.6. The van der Waals surface area contributed by atoms with Crippen LogP contribution in [0.5, 0.6) is 0 Å². The van der Waals surface area contributed by atoms with E-state index in [1.54, 1.807) is 0 Å². The van der Waals surface area contributed by atoms with Crippen LogP contribution < -0.4 is 0 Å². The molecule has 128 valence electrons. The molecule has 2 aromatic rings. The van der Waals surface area contributed by atoms with E-state index in [0.29, 0.717) is 16.7 Å². The number of hydrogen-bond donors (Lipinski definition) is 0. The lowest BCUT2D eigenvalue weighted by atomic mass is 10.2. The van der Waals surface area contributed by atoms with Crippen LogP contribution >= 0.6 is 11.6 Å². The average Bonchev–Trinajstić information content (AvgIpc) is 3.33. The predicted octanol–water partition coefficient (Wildman–Crippen LogP) is 3.10. The summed E-state index contributed by atoms with van der Waals surface area (Å²) in [6.45, 7) is 5.91. The van der Waals surface area contributed by atoms with Crippen LogP contribution in [0.15, 0.2) is 28.8 Å². The van der Waals surface area contributed by atoms with Gasteiger partial charge in [0, 0.05) is 36.1 Å². The fraction of sp³-hybridized carbons (Fsp3) is 0.556. The second kappa shape index (κ2) is 7.21. The quantitative estimate of drug-likeness (QED) is 0.832. The van der Waals surface area contributed by atoms with Gasteiger partial charge in [0.15, 0.2) is 0 Å². The van der Waals surface area contributed by atoms with E-state index in [2.05, 4.69) is 19.9 Å². The molecule has 2 saturated heterocycles. The fourth-order valence-corrected chi connectivity index (χ4v) is 3.97. The number of hydrogen-bond acceptors (Lipinski definition) is 5. The second-order valence-electron chi connectivity index (χ2n) is 6.76. The summed E-state index contributed by atoms with van der Waals surface area (Å²) in [6, 6.07) is 8.29. The Morgan fingerprint density at radius 3 is 2.92 bits per heavy atom. The van der Waals surface area contributed by atoms with Crippen LogP contribution in [-0.4, -0.2) is 58.7 Å². The number of nitrogens with zero attached hydrogens (tertiary/aromatic N) is 4. The Labute approximate surface area is 147 Å². The molecule has 2 aliphatic heterocycles. The topological polar surface area (TPSA) is 45.4 Å². The van der Waals surface area contributed by atoms with Gasteiger partial charge in [0.25, 0.3) is 0 Å². The number of halogens is 1.